The highest BCUT2D eigenvalue weighted by Gasteiger charge is 2.54. The zero-order valence-corrected chi connectivity index (χ0v) is 45.5. The van der Waals surface area contributed by atoms with Crippen LogP contribution in [0.25, 0.3) is 0 Å². The van der Waals surface area contributed by atoms with Crippen molar-refractivity contribution in [2.24, 2.45) is 11.8 Å². The Hall–Kier alpha value is -3.30. The van der Waals surface area contributed by atoms with E-state index in [4.69, 9.17) is 14.2 Å². The van der Waals surface area contributed by atoms with Gasteiger partial charge in [-0.2, -0.15) is 0 Å². The molecule has 2 N–H and O–H groups in total. The minimum Gasteiger partial charge on any atom is -0.545 e. The molecule has 3 aliphatic heterocycles. The van der Waals surface area contributed by atoms with Gasteiger partial charge in [-0.25, -0.2) is 0 Å². The lowest BCUT2D eigenvalue weighted by Gasteiger charge is -2.54. The van der Waals surface area contributed by atoms with Gasteiger partial charge in [-0.1, -0.05) is 96.6 Å². The molecule has 0 bridgehead atoms. The topological polar surface area (TPSA) is 129 Å². The quantitative estimate of drug-likeness (QED) is 0.0288. The van der Waals surface area contributed by atoms with Gasteiger partial charge >= 0.3 is 0 Å². The van der Waals surface area contributed by atoms with E-state index in [2.05, 4.69) is 81.9 Å². The smallest absolute Gasteiger partial charge is 0.185 e. The molecule has 2 aliphatic carbocycles. The molecule has 3 heterocycles. The highest BCUT2D eigenvalue weighted by molar-refractivity contribution is 6.11. The van der Waals surface area contributed by atoms with Crippen molar-refractivity contribution in [3.8, 4) is 0 Å². The van der Waals surface area contributed by atoms with Gasteiger partial charge in [-0.15, -0.1) is 0 Å². The summed E-state index contributed by atoms with van der Waals surface area (Å²) in [7, 11) is 0. The fraction of sp³-hybridized carbons (Fsp3) is 0.705. The van der Waals surface area contributed by atoms with Crippen molar-refractivity contribution in [2.45, 2.75) is 265 Å². The number of hydrogen-bond acceptors (Lipinski definition) is 8. The van der Waals surface area contributed by atoms with Gasteiger partial charge in [0.1, 0.15) is 17.0 Å². The Morgan fingerprint density at radius 3 is 2.01 bits per heavy atom. The van der Waals surface area contributed by atoms with E-state index in [9.17, 15) is 24.9 Å². The number of Topliss-reactive ketones (excluding diaryl/α,β-unsaturated/α-hetero) is 1. The number of rotatable bonds is 26. The van der Waals surface area contributed by atoms with E-state index in [0.29, 0.717) is 30.3 Å². The van der Waals surface area contributed by atoms with Crippen LogP contribution in [0, 0.1) is 11.8 Å². The number of hydrogen-bond donors (Lipinski definition) is 2. The molecule has 5 rings (SSSR count). The van der Waals surface area contributed by atoms with Gasteiger partial charge in [0.25, 0.3) is 0 Å². The molecule has 8 nitrogen and oxygen atoms in total. The van der Waals surface area contributed by atoms with Crippen molar-refractivity contribution < 1.29 is 39.1 Å². The second-order valence-electron chi connectivity index (χ2n) is 23.2. The van der Waals surface area contributed by atoms with Crippen LogP contribution in [0.2, 0.25) is 0 Å². The number of ether oxygens (including phenoxy) is 3. The van der Waals surface area contributed by atoms with Crippen LogP contribution < -0.4 is 5.11 Å². The molecule has 8 heteroatoms. The molecule has 69 heavy (non-hydrogen) atoms. The molecule has 386 valence electrons. The maximum absolute atomic E-state index is 14.7. The van der Waals surface area contributed by atoms with Crippen LogP contribution in [0.5, 0.6) is 0 Å². The van der Waals surface area contributed by atoms with E-state index >= 15 is 0 Å². The number of aliphatic hydroxyl groups is 2. The third kappa shape index (κ3) is 13.4. The highest BCUT2D eigenvalue weighted by atomic mass is 16.6. The van der Waals surface area contributed by atoms with E-state index < -0.39 is 23.3 Å². The Labute approximate surface area is 418 Å². The van der Waals surface area contributed by atoms with Gasteiger partial charge in [-0.3, -0.25) is 4.79 Å². The van der Waals surface area contributed by atoms with Gasteiger partial charge < -0.3 is 34.3 Å². The molecule has 9 atom stereocenters. The molecule has 3 fully saturated rings. The fourth-order valence-corrected chi connectivity index (χ4v) is 12.4. The van der Waals surface area contributed by atoms with Crippen LogP contribution in [0.15, 0.2) is 92.4 Å². The maximum atomic E-state index is 14.7. The molecule has 0 aromatic heterocycles. The first-order valence-electron chi connectivity index (χ1n) is 27.1. The first-order chi connectivity index (χ1) is 32.4. The minimum atomic E-state index is -1.10. The lowest BCUT2D eigenvalue weighted by atomic mass is 9.64. The first kappa shape index (κ1) is 56.6. The summed E-state index contributed by atoms with van der Waals surface area (Å²) in [6.07, 6.45) is 27.3. The summed E-state index contributed by atoms with van der Waals surface area (Å²) in [4.78, 5) is 25.7. The Morgan fingerprint density at radius 1 is 0.841 bits per heavy atom. The van der Waals surface area contributed by atoms with Crippen molar-refractivity contribution in [2.75, 3.05) is 0 Å². The average Bonchev–Trinajstić information content (AvgIpc) is 3.95. The normalized spacial score (nSPS) is 31.9. The summed E-state index contributed by atoms with van der Waals surface area (Å²) in [5, 5.41) is 32.2. The molecule has 0 aromatic rings. The summed E-state index contributed by atoms with van der Waals surface area (Å²) in [5.74, 6) is 0.321. The first-order valence-corrected chi connectivity index (χ1v) is 27.1. The molecule has 3 saturated heterocycles. The van der Waals surface area contributed by atoms with E-state index in [1.54, 1.807) is 13.0 Å². The molecule has 0 radical (unpaired) electrons. The second-order valence-corrected chi connectivity index (χ2v) is 23.2. The van der Waals surface area contributed by atoms with Crippen LogP contribution in [0.3, 0.4) is 0 Å². The highest BCUT2D eigenvalue weighted by Crippen LogP contribution is 2.56. The number of carbonyl (C=O) groups is 2. The van der Waals surface area contributed by atoms with E-state index in [1.807, 2.05) is 26.0 Å². The monoisotopic (exact) mass is 954 g/mol. The number of aliphatic carboxylic acids is 1. The van der Waals surface area contributed by atoms with Crippen molar-refractivity contribution >= 4 is 11.8 Å². The summed E-state index contributed by atoms with van der Waals surface area (Å²) < 4.78 is 21.1. The standard InChI is InChI=1S/C61H94O8/c1-15-60-47(10)45(8)55(64)50(51(60)32-37-58(13,68-60)34-19-25-41(4)23-17-22-40(3)24-18-28-44(7)56(65)66)39-52-46(9)53(63)38-49-31-36-57(12,69-61(49,52)16-2)33-20-26-42(5)27-21-35-59(14)54(67-59)30-29-43(6)48(11)62/h22,28-29,38,41-42,53-54,62-63H,11,15-21,23-27,30-37,39H2,1-10,12-14H3,(H,65,66)/p-1/b40-22+,43-29+,44-28+. The number of aliphatic hydroxyl groups excluding tert-OH is 2. The number of epoxide rings is 1. The molecular weight excluding hydrogens is 861 g/mol. The van der Waals surface area contributed by atoms with Crippen molar-refractivity contribution in [1.82, 2.24) is 0 Å². The molecule has 0 aromatic carbocycles. The summed E-state index contributed by atoms with van der Waals surface area (Å²) in [6.45, 7) is 31.3. The molecule has 0 spiro atoms. The lowest BCUT2D eigenvalue weighted by Crippen LogP contribution is -2.53. The van der Waals surface area contributed by atoms with E-state index in [-0.39, 0.29) is 34.4 Å². The van der Waals surface area contributed by atoms with Gasteiger partial charge in [0, 0.05) is 12.0 Å². The lowest BCUT2D eigenvalue weighted by molar-refractivity contribution is -0.299. The number of allylic oxidation sites excluding steroid dienone is 6. The van der Waals surface area contributed by atoms with Crippen LogP contribution in [-0.2, 0) is 23.8 Å². The Bertz CT molecular complexity index is 2130. The van der Waals surface area contributed by atoms with Crippen LogP contribution in [-0.4, -0.2) is 62.2 Å². The molecule has 5 aliphatic rings. The number of carbonyl (C=O) groups excluding carboxylic acids is 2. The molecule has 0 amide bonds. The summed E-state index contributed by atoms with van der Waals surface area (Å²) in [5.41, 5.74) is 7.34. The predicted octanol–water partition coefficient (Wildman–Crippen LogP) is 14.2. The number of ketones is 1. The van der Waals surface area contributed by atoms with Crippen LogP contribution >= 0.6 is 0 Å². The molecule has 9 unspecified atom stereocenters. The Kier molecular flexibility index (Phi) is 19.3. The number of carboxylic acids is 1. The third-order valence-corrected chi connectivity index (χ3v) is 17.7. The van der Waals surface area contributed by atoms with Crippen LogP contribution in [0.4, 0.5) is 0 Å². The van der Waals surface area contributed by atoms with Crippen LogP contribution in [0.1, 0.15) is 225 Å². The Balaban J connectivity index is 1.23. The number of fused-ring (bicyclic) bond motifs is 2. The molecular formula is C61H93O8-. The van der Waals surface area contributed by atoms with Gasteiger partial charge in [0.05, 0.1) is 35.0 Å². The third-order valence-electron chi connectivity index (χ3n) is 17.7. The molecule has 0 saturated carbocycles. The second kappa shape index (κ2) is 23.5. The van der Waals surface area contributed by atoms with Gasteiger partial charge in [-0.05, 0) is 215 Å². The summed E-state index contributed by atoms with van der Waals surface area (Å²) >= 11 is 0. The summed E-state index contributed by atoms with van der Waals surface area (Å²) in [6, 6.07) is 0. The van der Waals surface area contributed by atoms with Gasteiger partial charge in [0.15, 0.2) is 5.78 Å². The SMILES string of the molecule is C=C(O)/C(C)=C/CC1OC1(C)CCCC(C)CCCC1(C)CCC2=CC(O)C(C)=C(CC3=C4CCC(C)(CCCC(C)CC/C=C(\C)CC/C=C(\C)C(=O)[O-])OC4(CC)C(C)=C(C)C3=O)C2(CC)O1. The van der Waals surface area contributed by atoms with Crippen molar-refractivity contribution in [3.05, 3.63) is 92.4 Å². The number of carboxylic acid groups (broad SMARTS) is 1. The Morgan fingerprint density at radius 2 is 1.42 bits per heavy atom. The van der Waals surface area contributed by atoms with E-state index in [0.717, 1.165) is 167 Å². The van der Waals surface area contributed by atoms with E-state index in [1.165, 1.54) is 5.57 Å². The zero-order valence-electron chi connectivity index (χ0n) is 45.5. The van der Waals surface area contributed by atoms with Crippen molar-refractivity contribution in [1.29, 1.82) is 0 Å². The largest absolute Gasteiger partial charge is 0.545 e. The van der Waals surface area contributed by atoms with Gasteiger partial charge in [0.2, 0.25) is 0 Å². The average molecular weight is 954 g/mol. The zero-order chi connectivity index (χ0) is 51.1. The fourth-order valence-electron chi connectivity index (χ4n) is 12.4. The minimum absolute atomic E-state index is 0.0763. The maximum Gasteiger partial charge on any atom is 0.185 e. The predicted molar refractivity (Wildman–Crippen MR) is 280 cm³/mol. The van der Waals surface area contributed by atoms with Crippen molar-refractivity contribution in [3.63, 3.8) is 0 Å².